The van der Waals surface area contributed by atoms with E-state index in [1.54, 1.807) is 0 Å². The Morgan fingerprint density at radius 1 is 1.35 bits per heavy atom. The highest BCUT2D eigenvalue weighted by molar-refractivity contribution is 5.84. The fraction of sp³-hybridized carbons (Fsp3) is 0.200. The van der Waals surface area contributed by atoms with Gasteiger partial charge < -0.3 is 15.8 Å². The molecule has 17 heavy (non-hydrogen) atoms. The van der Waals surface area contributed by atoms with Crippen LogP contribution in [-0.4, -0.2) is 25.0 Å². The summed E-state index contributed by atoms with van der Waals surface area (Å²) in [6.45, 7) is -0.816. The predicted molar refractivity (Wildman–Crippen MR) is 54.1 cm³/mol. The van der Waals surface area contributed by atoms with E-state index in [9.17, 15) is 18.4 Å². The van der Waals surface area contributed by atoms with Gasteiger partial charge in [0.05, 0.1) is 6.54 Å². The maximum absolute atomic E-state index is 13.0. The van der Waals surface area contributed by atoms with Gasteiger partial charge in [-0.15, -0.1) is 0 Å². The van der Waals surface area contributed by atoms with E-state index in [0.29, 0.717) is 6.07 Å². The highest BCUT2D eigenvalue weighted by Gasteiger charge is 2.08. The molecule has 0 aliphatic heterocycles. The molecule has 0 radical (unpaired) electrons. The van der Waals surface area contributed by atoms with Crippen molar-refractivity contribution in [1.29, 1.82) is 0 Å². The molecule has 0 aliphatic rings. The summed E-state index contributed by atoms with van der Waals surface area (Å²) in [6, 6.07) is 2.70. The number of primary amides is 1. The molecule has 92 valence electrons. The first-order valence-electron chi connectivity index (χ1n) is 4.62. The van der Waals surface area contributed by atoms with E-state index < -0.39 is 30.1 Å². The monoisotopic (exact) mass is 244 g/mol. The van der Waals surface area contributed by atoms with Crippen LogP contribution in [0.15, 0.2) is 18.2 Å². The van der Waals surface area contributed by atoms with E-state index in [2.05, 4.69) is 5.32 Å². The number of rotatable bonds is 5. The maximum Gasteiger partial charge on any atom is 0.258 e. The lowest BCUT2D eigenvalue weighted by Crippen LogP contribution is -2.36. The summed E-state index contributed by atoms with van der Waals surface area (Å²) >= 11 is 0. The van der Waals surface area contributed by atoms with Gasteiger partial charge in [0, 0.05) is 6.07 Å². The van der Waals surface area contributed by atoms with Crippen LogP contribution in [0.5, 0.6) is 5.75 Å². The molecule has 1 aromatic carbocycles. The van der Waals surface area contributed by atoms with Gasteiger partial charge in [-0.2, -0.15) is 0 Å². The van der Waals surface area contributed by atoms with E-state index in [4.69, 9.17) is 10.5 Å². The lowest BCUT2D eigenvalue weighted by Gasteiger charge is -2.07. The van der Waals surface area contributed by atoms with Crippen LogP contribution in [-0.2, 0) is 9.59 Å². The molecule has 0 spiro atoms. The highest BCUT2D eigenvalue weighted by atomic mass is 19.1. The second-order valence-corrected chi connectivity index (χ2v) is 3.11. The number of benzene rings is 1. The quantitative estimate of drug-likeness (QED) is 0.761. The van der Waals surface area contributed by atoms with Crippen molar-refractivity contribution in [3.63, 3.8) is 0 Å². The molecule has 0 aromatic heterocycles. The van der Waals surface area contributed by atoms with Gasteiger partial charge in [-0.1, -0.05) is 0 Å². The predicted octanol–water partition coefficient (Wildman–Crippen LogP) is -0.0549. The molecule has 0 bridgehead atoms. The Balaban J connectivity index is 2.44. The standard InChI is InChI=1S/C10H10F2N2O3/c11-6-1-2-8(7(12)3-6)17-5-10(16)14-4-9(13)15/h1-3H,4-5H2,(H2,13,15)(H,14,16). The summed E-state index contributed by atoms with van der Waals surface area (Å²) in [5, 5.41) is 2.15. The first-order chi connectivity index (χ1) is 7.99. The number of nitrogens with one attached hydrogen (secondary N) is 1. The van der Waals surface area contributed by atoms with E-state index in [1.165, 1.54) is 0 Å². The molecule has 0 unspecified atom stereocenters. The van der Waals surface area contributed by atoms with Gasteiger partial charge in [0.1, 0.15) is 5.82 Å². The smallest absolute Gasteiger partial charge is 0.258 e. The first-order valence-corrected chi connectivity index (χ1v) is 4.62. The van der Waals surface area contributed by atoms with Crippen LogP contribution in [0.4, 0.5) is 8.78 Å². The Labute approximate surface area is 95.5 Å². The molecule has 0 saturated carbocycles. The van der Waals surface area contributed by atoms with Crippen molar-refractivity contribution in [3.8, 4) is 5.75 Å². The van der Waals surface area contributed by atoms with Gasteiger partial charge in [0.2, 0.25) is 5.91 Å². The maximum atomic E-state index is 13.0. The van der Waals surface area contributed by atoms with Gasteiger partial charge in [0.25, 0.3) is 5.91 Å². The number of amides is 2. The summed E-state index contributed by atoms with van der Waals surface area (Å²) < 4.78 is 30.4. The van der Waals surface area contributed by atoms with Crippen LogP contribution in [0.25, 0.3) is 0 Å². The third-order valence-corrected chi connectivity index (χ3v) is 1.71. The Morgan fingerprint density at radius 3 is 2.65 bits per heavy atom. The Hall–Kier alpha value is -2.18. The van der Waals surface area contributed by atoms with E-state index in [1.807, 2.05) is 0 Å². The molecule has 0 heterocycles. The summed E-state index contributed by atoms with van der Waals surface area (Å²) in [6.07, 6.45) is 0. The summed E-state index contributed by atoms with van der Waals surface area (Å²) in [5.41, 5.74) is 4.79. The van der Waals surface area contributed by atoms with Gasteiger partial charge in [0.15, 0.2) is 18.2 Å². The van der Waals surface area contributed by atoms with Crippen LogP contribution in [0.2, 0.25) is 0 Å². The molecule has 5 nitrogen and oxygen atoms in total. The lowest BCUT2D eigenvalue weighted by molar-refractivity contribution is -0.126. The minimum atomic E-state index is -0.910. The molecule has 7 heteroatoms. The fourth-order valence-corrected chi connectivity index (χ4v) is 0.972. The third-order valence-electron chi connectivity index (χ3n) is 1.71. The molecule has 0 saturated heterocycles. The number of ether oxygens (including phenoxy) is 1. The molecule has 2 amide bonds. The first kappa shape index (κ1) is 12.9. The van der Waals surface area contributed by atoms with Crippen molar-refractivity contribution < 1.29 is 23.1 Å². The van der Waals surface area contributed by atoms with Crippen molar-refractivity contribution in [3.05, 3.63) is 29.8 Å². The Kier molecular flexibility index (Phi) is 4.38. The molecule has 1 rings (SSSR count). The van der Waals surface area contributed by atoms with Gasteiger partial charge in [-0.05, 0) is 12.1 Å². The minimum Gasteiger partial charge on any atom is -0.481 e. The van der Waals surface area contributed by atoms with Crippen molar-refractivity contribution in [2.75, 3.05) is 13.2 Å². The van der Waals surface area contributed by atoms with Gasteiger partial charge in [-0.25, -0.2) is 8.78 Å². The number of halogens is 2. The Morgan fingerprint density at radius 2 is 2.06 bits per heavy atom. The molecule has 0 fully saturated rings. The molecule has 1 aromatic rings. The zero-order chi connectivity index (χ0) is 12.8. The lowest BCUT2D eigenvalue weighted by atomic mass is 10.3. The number of carbonyl (C=O) groups excluding carboxylic acids is 2. The van der Waals surface area contributed by atoms with Crippen molar-refractivity contribution >= 4 is 11.8 Å². The summed E-state index contributed by atoms with van der Waals surface area (Å²) in [7, 11) is 0. The van der Waals surface area contributed by atoms with Crippen molar-refractivity contribution in [1.82, 2.24) is 5.32 Å². The van der Waals surface area contributed by atoms with E-state index >= 15 is 0 Å². The Bertz CT molecular complexity index is 438. The highest BCUT2D eigenvalue weighted by Crippen LogP contribution is 2.17. The number of nitrogens with two attached hydrogens (primary N) is 1. The van der Waals surface area contributed by atoms with Crippen molar-refractivity contribution in [2.45, 2.75) is 0 Å². The minimum absolute atomic E-state index is 0.249. The average molecular weight is 244 g/mol. The summed E-state index contributed by atoms with van der Waals surface area (Å²) in [5.74, 6) is -3.24. The average Bonchev–Trinajstić information content (AvgIpc) is 2.25. The van der Waals surface area contributed by atoms with Gasteiger partial charge in [-0.3, -0.25) is 9.59 Å². The molecular weight excluding hydrogens is 234 g/mol. The van der Waals surface area contributed by atoms with Gasteiger partial charge >= 0.3 is 0 Å². The number of carbonyl (C=O) groups is 2. The zero-order valence-electron chi connectivity index (χ0n) is 8.70. The largest absolute Gasteiger partial charge is 0.481 e. The topological polar surface area (TPSA) is 81.4 Å². The van der Waals surface area contributed by atoms with Crippen LogP contribution >= 0.6 is 0 Å². The zero-order valence-corrected chi connectivity index (χ0v) is 8.70. The second-order valence-electron chi connectivity index (χ2n) is 3.11. The second kappa shape index (κ2) is 5.78. The summed E-state index contributed by atoms with van der Waals surface area (Å²) in [4.78, 5) is 21.4. The molecule has 0 atom stereocenters. The molecule has 3 N–H and O–H groups in total. The van der Waals surface area contributed by atoms with Crippen LogP contribution in [0.1, 0.15) is 0 Å². The van der Waals surface area contributed by atoms with Crippen LogP contribution in [0, 0.1) is 11.6 Å². The molecule has 0 aliphatic carbocycles. The fourth-order valence-electron chi connectivity index (χ4n) is 0.972. The third kappa shape index (κ3) is 4.45. The number of hydrogen-bond acceptors (Lipinski definition) is 3. The van der Waals surface area contributed by atoms with E-state index in [0.717, 1.165) is 12.1 Å². The molecular formula is C10H10F2N2O3. The van der Waals surface area contributed by atoms with Crippen molar-refractivity contribution in [2.24, 2.45) is 5.73 Å². The number of hydrogen-bond donors (Lipinski definition) is 2. The SMILES string of the molecule is NC(=O)CNC(=O)COc1ccc(F)cc1F. The van der Waals surface area contributed by atoms with Crippen LogP contribution < -0.4 is 15.8 Å². The normalized spacial score (nSPS) is 9.76. The van der Waals surface area contributed by atoms with E-state index in [-0.39, 0.29) is 12.3 Å². The van der Waals surface area contributed by atoms with Crippen LogP contribution in [0.3, 0.4) is 0 Å².